The van der Waals surface area contributed by atoms with E-state index in [9.17, 15) is 4.79 Å². The number of rotatable bonds is 24. The summed E-state index contributed by atoms with van der Waals surface area (Å²) in [6, 6.07) is 0. The average Bonchev–Trinajstić information content (AvgIpc) is 2.75. The van der Waals surface area contributed by atoms with Gasteiger partial charge in [0, 0.05) is 6.42 Å². The summed E-state index contributed by atoms with van der Waals surface area (Å²) in [6.45, 7) is 7.47. The van der Waals surface area contributed by atoms with Crippen LogP contribution in [0.1, 0.15) is 162 Å². The minimum atomic E-state index is 0.0412. The molecule has 0 aromatic carbocycles. The Morgan fingerprint density at radius 3 is 1.33 bits per heavy atom. The Bertz CT molecular complexity index is 324. The molecule has 0 radical (unpaired) electrons. The van der Waals surface area contributed by atoms with Crippen LogP contribution in [0, 0.1) is 5.92 Å². The van der Waals surface area contributed by atoms with E-state index in [4.69, 9.17) is 4.74 Å². The molecule has 180 valence electrons. The van der Waals surface area contributed by atoms with Crippen molar-refractivity contribution in [3.05, 3.63) is 0 Å². The number of carbonyl (C=O) groups is 1. The molecular weight excluding hydrogens is 368 g/mol. The van der Waals surface area contributed by atoms with Crippen LogP contribution in [0.3, 0.4) is 0 Å². The van der Waals surface area contributed by atoms with Gasteiger partial charge in [-0.05, 0) is 25.2 Å². The molecule has 0 aromatic rings. The van der Waals surface area contributed by atoms with Crippen molar-refractivity contribution in [2.75, 3.05) is 6.61 Å². The van der Waals surface area contributed by atoms with Gasteiger partial charge in [-0.25, -0.2) is 0 Å². The molecular formula is C28H56O2. The van der Waals surface area contributed by atoms with Crippen LogP contribution >= 0.6 is 0 Å². The third-order valence-electron chi connectivity index (χ3n) is 6.40. The van der Waals surface area contributed by atoms with Crippen LogP contribution < -0.4 is 0 Å². The van der Waals surface area contributed by atoms with Gasteiger partial charge in [0.05, 0.1) is 6.61 Å². The highest BCUT2D eigenvalue weighted by atomic mass is 16.5. The zero-order chi connectivity index (χ0) is 22.1. The van der Waals surface area contributed by atoms with E-state index in [1.54, 1.807) is 0 Å². The summed E-state index contributed by atoms with van der Waals surface area (Å²) < 4.78 is 5.70. The lowest BCUT2D eigenvalue weighted by atomic mass is 9.94. The number of unbranched alkanes of at least 4 members (excludes halogenated alkanes) is 16. The summed E-state index contributed by atoms with van der Waals surface area (Å²) in [5.74, 6) is 0.625. The maximum atomic E-state index is 12.2. The van der Waals surface area contributed by atoms with Gasteiger partial charge in [0.15, 0.2) is 0 Å². The first-order valence-corrected chi connectivity index (χ1v) is 13.9. The fraction of sp³-hybridized carbons (Fsp3) is 0.964. The van der Waals surface area contributed by atoms with Crippen LogP contribution in [0.4, 0.5) is 0 Å². The number of carbonyl (C=O) groups excluding carboxylic acids is 1. The zero-order valence-corrected chi connectivity index (χ0v) is 21.2. The Kier molecular flexibility index (Phi) is 24.3. The maximum absolute atomic E-state index is 12.2. The fourth-order valence-corrected chi connectivity index (χ4v) is 4.25. The van der Waals surface area contributed by atoms with Crippen molar-refractivity contribution in [1.82, 2.24) is 0 Å². The van der Waals surface area contributed by atoms with E-state index >= 15 is 0 Å². The Morgan fingerprint density at radius 2 is 0.900 bits per heavy atom. The SMILES string of the molecule is CCCCCCCCCC(=O)OCC(CCCCCCCC)CCCCCCCC. The molecule has 0 amide bonds. The van der Waals surface area contributed by atoms with Gasteiger partial charge in [0.1, 0.15) is 0 Å². The second kappa shape index (κ2) is 24.7. The van der Waals surface area contributed by atoms with Crippen LogP contribution in [0.2, 0.25) is 0 Å². The number of hydrogen-bond donors (Lipinski definition) is 0. The van der Waals surface area contributed by atoms with Gasteiger partial charge in [-0.15, -0.1) is 0 Å². The molecule has 2 heteroatoms. The predicted molar refractivity (Wildman–Crippen MR) is 133 cm³/mol. The summed E-state index contributed by atoms with van der Waals surface area (Å²) >= 11 is 0. The molecule has 2 nitrogen and oxygen atoms in total. The number of hydrogen-bond acceptors (Lipinski definition) is 2. The van der Waals surface area contributed by atoms with Crippen LogP contribution in [0.15, 0.2) is 0 Å². The highest BCUT2D eigenvalue weighted by Gasteiger charge is 2.12. The maximum Gasteiger partial charge on any atom is 0.305 e. The lowest BCUT2D eigenvalue weighted by Crippen LogP contribution is -2.14. The van der Waals surface area contributed by atoms with E-state index in [-0.39, 0.29) is 5.97 Å². The van der Waals surface area contributed by atoms with E-state index in [0.29, 0.717) is 18.9 Å². The van der Waals surface area contributed by atoms with Crippen LogP contribution in [-0.2, 0) is 9.53 Å². The minimum absolute atomic E-state index is 0.0412. The topological polar surface area (TPSA) is 26.3 Å². The van der Waals surface area contributed by atoms with Gasteiger partial charge in [0.25, 0.3) is 0 Å². The normalized spacial score (nSPS) is 11.3. The predicted octanol–water partition coefficient (Wildman–Crippen LogP) is 9.79. The molecule has 0 rings (SSSR count). The lowest BCUT2D eigenvalue weighted by Gasteiger charge is -2.17. The Balaban J connectivity index is 3.94. The van der Waals surface area contributed by atoms with Gasteiger partial charge >= 0.3 is 5.97 Å². The third kappa shape index (κ3) is 22.2. The zero-order valence-electron chi connectivity index (χ0n) is 21.2. The van der Waals surface area contributed by atoms with Crippen molar-refractivity contribution in [2.45, 2.75) is 162 Å². The van der Waals surface area contributed by atoms with E-state index in [0.717, 1.165) is 6.42 Å². The molecule has 0 heterocycles. The van der Waals surface area contributed by atoms with Gasteiger partial charge in [-0.2, -0.15) is 0 Å². The van der Waals surface area contributed by atoms with Crippen molar-refractivity contribution in [3.8, 4) is 0 Å². The minimum Gasteiger partial charge on any atom is -0.465 e. The smallest absolute Gasteiger partial charge is 0.305 e. The average molecular weight is 425 g/mol. The summed E-state index contributed by atoms with van der Waals surface area (Å²) in [4.78, 5) is 12.2. The second-order valence-electron chi connectivity index (χ2n) is 9.53. The summed E-state index contributed by atoms with van der Waals surface area (Å²) in [7, 11) is 0. The number of esters is 1. The number of ether oxygens (including phenoxy) is 1. The van der Waals surface area contributed by atoms with Crippen molar-refractivity contribution >= 4 is 5.97 Å². The van der Waals surface area contributed by atoms with Crippen molar-refractivity contribution in [1.29, 1.82) is 0 Å². The van der Waals surface area contributed by atoms with Crippen LogP contribution in [-0.4, -0.2) is 12.6 Å². The van der Waals surface area contributed by atoms with Gasteiger partial charge in [-0.1, -0.05) is 136 Å². The molecule has 0 aliphatic rings. The van der Waals surface area contributed by atoms with Crippen LogP contribution in [0.25, 0.3) is 0 Å². The molecule has 0 saturated carbocycles. The molecule has 0 N–H and O–H groups in total. The highest BCUT2D eigenvalue weighted by molar-refractivity contribution is 5.69. The second-order valence-corrected chi connectivity index (χ2v) is 9.53. The first-order valence-electron chi connectivity index (χ1n) is 13.9. The van der Waals surface area contributed by atoms with Gasteiger partial charge < -0.3 is 4.74 Å². The van der Waals surface area contributed by atoms with Crippen molar-refractivity contribution in [3.63, 3.8) is 0 Å². The molecule has 0 saturated heterocycles. The molecule has 0 spiro atoms. The molecule has 0 aromatic heterocycles. The monoisotopic (exact) mass is 424 g/mol. The molecule has 0 fully saturated rings. The largest absolute Gasteiger partial charge is 0.465 e. The van der Waals surface area contributed by atoms with Crippen LogP contribution in [0.5, 0.6) is 0 Å². The standard InChI is InChI=1S/C28H56O2/c1-4-7-10-13-16-19-22-25-28(29)30-26-27(23-20-17-14-11-8-5-2)24-21-18-15-12-9-6-3/h27H,4-26H2,1-3H3. The van der Waals surface area contributed by atoms with Crippen molar-refractivity contribution in [2.24, 2.45) is 5.92 Å². The van der Waals surface area contributed by atoms with E-state index in [1.165, 1.54) is 128 Å². The lowest BCUT2D eigenvalue weighted by molar-refractivity contribution is -0.145. The highest BCUT2D eigenvalue weighted by Crippen LogP contribution is 2.20. The van der Waals surface area contributed by atoms with Gasteiger partial charge in [-0.3, -0.25) is 4.79 Å². The first kappa shape index (κ1) is 29.5. The molecule has 0 aliphatic carbocycles. The molecule has 0 aliphatic heterocycles. The third-order valence-corrected chi connectivity index (χ3v) is 6.40. The summed E-state index contributed by atoms with van der Waals surface area (Å²) in [5.41, 5.74) is 0. The Morgan fingerprint density at radius 1 is 0.533 bits per heavy atom. The van der Waals surface area contributed by atoms with Gasteiger partial charge in [0.2, 0.25) is 0 Å². The fourth-order valence-electron chi connectivity index (χ4n) is 4.25. The Labute approximate surface area is 190 Å². The molecule has 0 bridgehead atoms. The Hall–Kier alpha value is -0.530. The van der Waals surface area contributed by atoms with Crippen molar-refractivity contribution < 1.29 is 9.53 Å². The quantitative estimate of drug-likeness (QED) is 0.114. The van der Waals surface area contributed by atoms with E-state index in [2.05, 4.69) is 20.8 Å². The van der Waals surface area contributed by atoms with E-state index < -0.39 is 0 Å². The molecule has 0 atom stereocenters. The summed E-state index contributed by atoms with van der Waals surface area (Å²) in [6.07, 6.45) is 28.0. The first-order chi connectivity index (χ1) is 14.7. The van der Waals surface area contributed by atoms with E-state index in [1.807, 2.05) is 0 Å². The molecule has 30 heavy (non-hydrogen) atoms. The summed E-state index contributed by atoms with van der Waals surface area (Å²) in [5, 5.41) is 0. The molecule has 0 unspecified atom stereocenters.